The van der Waals surface area contributed by atoms with Crippen LogP contribution in [0.1, 0.15) is 5.56 Å². The van der Waals surface area contributed by atoms with Crippen LogP contribution in [0.2, 0.25) is 10.0 Å². The molecule has 0 heterocycles. The maximum Gasteiger partial charge on any atom is 0.328 e. The van der Waals surface area contributed by atoms with E-state index in [1.165, 1.54) is 37.3 Å². The number of aliphatic carboxylic acids is 1. The van der Waals surface area contributed by atoms with E-state index in [-0.39, 0.29) is 14.9 Å². The standard InChI is InChI=1S/C11H12Cl2N2O4S/c1-15(2)14-20(18,19)11-8(12)5-7(6-9(11)13)3-4-10(16)17/h3-6,14H,1-2H3,(H,16,17)/b4-3+. The zero-order valence-electron chi connectivity index (χ0n) is 10.6. The Balaban J connectivity index is 3.29. The molecule has 1 rings (SSSR count). The molecule has 20 heavy (non-hydrogen) atoms. The SMILES string of the molecule is CN(C)NS(=O)(=O)c1c(Cl)cc(/C=C/C(=O)O)cc1Cl. The lowest BCUT2D eigenvalue weighted by Gasteiger charge is -2.15. The Morgan fingerprint density at radius 3 is 2.20 bits per heavy atom. The number of nitrogens with one attached hydrogen (secondary N) is 1. The number of nitrogens with zero attached hydrogens (tertiary/aromatic N) is 1. The van der Waals surface area contributed by atoms with Gasteiger partial charge in [-0.15, -0.1) is 4.83 Å². The lowest BCUT2D eigenvalue weighted by molar-refractivity contribution is -0.131. The fraction of sp³-hybridized carbons (Fsp3) is 0.182. The first kappa shape index (κ1) is 16.9. The summed E-state index contributed by atoms with van der Waals surface area (Å²) in [5, 5.41) is 9.57. The molecule has 0 bridgehead atoms. The fourth-order valence-corrected chi connectivity index (χ4v) is 3.70. The zero-order valence-corrected chi connectivity index (χ0v) is 12.9. The number of hydrogen-bond donors (Lipinski definition) is 2. The smallest absolute Gasteiger partial charge is 0.328 e. The molecule has 2 N–H and O–H groups in total. The number of carboxylic acid groups (broad SMARTS) is 1. The molecule has 0 fully saturated rings. The van der Waals surface area contributed by atoms with Crippen LogP contribution < -0.4 is 4.83 Å². The molecule has 9 heteroatoms. The Hall–Kier alpha value is -1.12. The Kier molecular flexibility index (Phi) is 5.55. The molecule has 0 saturated heterocycles. The van der Waals surface area contributed by atoms with Gasteiger partial charge in [-0.25, -0.2) is 18.2 Å². The van der Waals surface area contributed by atoms with Crippen molar-refractivity contribution in [2.75, 3.05) is 14.1 Å². The van der Waals surface area contributed by atoms with Crippen molar-refractivity contribution in [3.63, 3.8) is 0 Å². The molecule has 1 aromatic carbocycles. The van der Waals surface area contributed by atoms with Crippen molar-refractivity contribution in [2.24, 2.45) is 0 Å². The van der Waals surface area contributed by atoms with Crippen LogP contribution in [-0.2, 0) is 14.8 Å². The minimum Gasteiger partial charge on any atom is -0.478 e. The van der Waals surface area contributed by atoms with Gasteiger partial charge in [0, 0.05) is 20.2 Å². The second-order valence-corrected chi connectivity index (χ2v) is 6.39. The molecule has 6 nitrogen and oxygen atoms in total. The normalized spacial score (nSPS) is 12.2. The average Bonchev–Trinajstić information content (AvgIpc) is 2.22. The van der Waals surface area contributed by atoms with Gasteiger partial charge >= 0.3 is 5.97 Å². The lowest BCUT2D eigenvalue weighted by atomic mass is 10.2. The molecule has 0 spiro atoms. The van der Waals surface area contributed by atoms with Crippen LogP contribution in [0.3, 0.4) is 0 Å². The third-order valence-corrected chi connectivity index (χ3v) is 4.41. The van der Waals surface area contributed by atoms with Crippen LogP contribution in [0.25, 0.3) is 6.08 Å². The summed E-state index contributed by atoms with van der Waals surface area (Å²) in [5.74, 6) is -1.14. The molecular formula is C11H12Cl2N2O4S. The van der Waals surface area contributed by atoms with Crippen molar-refractivity contribution in [1.82, 2.24) is 9.84 Å². The number of hydrazine groups is 1. The highest BCUT2D eigenvalue weighted by Crippen LogP contribution is 2.31. The molecule has 0 unspecified atom stereocenters. The van der Waals surface area contributed by atoms with E-state index in [0.29, 0.717) is 5.56 Å². The van der Waals surface area contributed by atoms with E-state index in [1.54, 1.807) is 0 Å². The van der Waals surface area contributed by atoms with Gasteiger partial charge < -0.3 is 5.11 Å². The quantitative estimate of drug-likeness (QED) is 0.631. The van der Waals surface area contributed by atoms with Crippen molar-refractivity contribution >= 4 is 45.3 Å². The Bertz CT molecular complexity index is 633. The summed E-state index contributed by atoms with van der Waals surface area (Å²) in [4.78, 5) is 12.4. The number of halogens is 2. The summed E-state index contributed by atoms with van der Waals surface area (Å²) >= 11 is 11.8. The summed E-state index contributed by atoms with van der Waals surface area (Å²) in [6, 6.07) is 2.63. The first-order chi connectivity index (χ1) is 9.13. The van der Waals surface area contributed by atoms with Crippen LogP contribution >= 0.6 is 23.2 Å². The third-order valence-electron chi connectivity index (χ3n) is 2.01. The summed E-state index contributed by atoms with van der Waals surface area (Å²) in [6.45, 7) is 0. The fourth-order valence-electron chi connectivity index (χ4n) is 1.39. The van der Waals surface area contributed by atoms with Crippen LogP contribution in [0.15, 0.2) is 23.1 Å². The average molecular weight is 339 g/mol. The number of carboxylic acids is 1. The molecule has 0 aliphatic carbocycles. The largest absolute Gasteiger partial charge is 0.478 e. The molecule has 0 atom stereocenters. The number of rotatable bonds is 5. The topological polar surface area (TPSA) is 86.7 Å². The number of sulfonamides is 1. The second kappa shape index (κ2) is 6.55. The lowest BCUT2D eigenvalue weighted by Crippen LogP contribution is -2.36. The Morgan fingerprint density at radius 1 is 1.30 bits per heavy atom. The van der Waals surface area contributed by atoms with Crippen LogP contribution in [-0.4, -0.2) is 38.6 Å². The van der Waals surface area contributed by atoms with Gasteiger partial charge in [0.15, 0.2) is 0 Å². The number of benzene rings is 1. The van der Waals surface area contributed by atoms with Crippen LogP contribution in [0.4, 0.5) is 0 Å². The Morgan fingerprint density at radius 2 is 1.80 bits per heavy atom. The summed E-state index contributed by atoms with van der Waals surface area (Å²) in [5.41, 5.74) is 0.381. The first-order valence-electron chi connectivity index (χ1n) is 5.23. The van der Waals surface area contributed by atoms with Gasteiger partial charge in [-0.1, -0.05) is 23.2 Å². The Labute approximate surface area is 126 Å². The summed E-state index contributed by atoms with van der Waals surface area (Å²) in [7, 11) is -0.891. The molecular weight excluding hydrogens is 327 g/mol. The maximum absolute atomic E-state index is 12.0. The second-order valence-electron chi connectivity index (χ2n) is 3.97. The molecule has 0 aliphatic heterocycles. The predicted octanol–water partition coefficient (Wildman–Crippen LogP) is 1.85. The molecule has 0 amide bonds. The summed E-state index contributed by atoms with van der Waals surface area (Å²) < 4.78 is 24.1. The molecule has 0 radical (unpaired) electrons. The number of carbonyl (C=O) groups is 1. The molecule has 0 aromatic heterocycles. The third kappa shape index (κ3) is 4.46. The highest BCUT2D eigenvalue weighted by Gasteiger charge is 2.22. The van der Waals surface area contributed by atoms with E-state index in [9.17, 15) is 13.2 Å². The zero-order chi connectivity index (χ0) is 15.5. The highest BCUT2D eigenvalue weighted by molar-refractivity contribution is 7.89. The maximum atomic E-state index is 12.0. The monoisotopic (exact) mass is 338 g/mol. The van der Waals surface area contributed by atoms with E-state index in [1.807, 2.05) is 0 Å². The first-order valence-corrected chi connectivity index (χ1v) is 7.47. The molecule has 0 saturated carbocycles. The summed E-state index contributed by atoms with van der Waals surface area (Å²) in [6.07, 6.45) is 2.16. The van der Waals surface area contributed by atoms with Gasteiger partial charge in [-0.2, -0.15) is 0 Å². The van der Waals surface area contributed by atoms with Crippen LogP contribution in [0, 0.1) is 0 Å². The number of hydrogen-bond acceptors (Lipinski definition) is 4. The van der Waals surface area contributed by atoms with Gasteiger partial charge in [-0.05, 0) is 23.8 Å². The molecule has 110 valence electrons. The van der Waals surface area contributed by atoms with Gasteiger partial charge in [0.2, 0.25) is 0 Å². The minimum atomic E-state index is -3.90. The van der Waals surface area contributed by atoms with Gasteiger partial charge in [-0.3, -0.25) is 0 Å². The van der Waals surface area contributed by atoms with Gasteiger partial charge in [0.1, 0.15) is 4.90 Å². The van der Waals surface area contributed by atoms with Gasteiger partial charge in [0.05, 0.1) is 10.0 Å². The minimum absolute atomic E-state index is 0.100. The van der Waals surface area contributed by atoms with Crippen LogP contribution in [0.5, 0.6) is 0 Å². The van der Waals surface area contributed by atoms with Crippen molar-refractivity contribution in [3.05, 3.63) is 33.8 Å². The van der Waals surface area contributed by atoms with Crippen molar-refractivity contribution in [3.8, 4) is 0 Å². The highest BCUT2D eigenvalue weighted by atomic mass is 35.5. The van der Waals surface area contributed by atoms with Crippen molar-refractivity contribution in [1.29, 1.82) is 0 Å². The van der Waals surface area contributed by atoms with E-state index in [2.05, 4.69) is 4.83 Å². The van der Waals surface area contributed by atoms with E-state index < -0.39 is 16.0 Å². The van der Waals surface area contributed by atoms with E-state index in [0.717, 1.165) is 6.08 Å². The molecule has 1 aromatic rings. The van der Waals surface area contributed by atoms with Crippen molar-refractivity contribution in [2.45, 2.75) is 4.90 Å². The van der Waals surface area contributed by atoms with E-state index >= 15 is 0 Å². The molecule has 0 aliphatic rings. The van der Waals surface area contributed by atoms with E-state index in [4.69, 9.17) is 28.3 Å². The van der Waals surface area contributed by atoms with Gasteiger partial charge in [0.25, 0.3) is 10.0 Å². The van der Waals surface area contributed by atoms with Crippen molar-refractivity contribution < 1.29 is 18.3 Å². The predicted molar refractivity (Wildman–Crippen MR) is 77.1 cm³/mol.